The minimum Gasteiger partial charge on any atom is -0.475 e. The van der Waals surface area contributed by atoms with Crippen molar-refractivity contribution in [3.63, 3.8) is 0 Å². The zero-order valence-electron chi connectivity index (χ0n) is 18.2. The van der Waals surface area contributed by atoms with Gasteiger partial charge in [-0.2, -0.15) is 10.2 Å². The van der Waals surface area contributed by atoms with Gasteiger partial charge in [0.25, 0.3) is 0 Å². The van der Waals surface area contributed by atoms with E-state index in [2.05, 4.69) is 39.4 Å². The number of pyridine rings is 1. The van der Waals surface area contributed by atoms with Gasteiger partial charge in [0, 0.05) is 50.5 Å². The molecule has 0 saturated heterocycles. The molecule has 4 heterocycles. The van der Waals surface area contributed by atoms with Gasteiger partial charge in [0.05, 0.1) is 17.8 Å². The number of nitrogens with zero attached hydrogens (tertiary/aromatic N) is 6. The highest BCUT2D eigenvalue weighted by Crippen LogP contribution is 2.38. The summed E-state index contributed by atoms with van der Waals surface area (Å²) in [4.78, 5) is 6.39. The first kappa shape index (κ1) is 20.4. The van der Waals surface area contributed by atoms with Crippen molar-refractivity contribution in [3.05, 3.63) is 83.6 Å². The third-order valence-electron chi connectivity index (χ3n) is 5.80. The number of hydrogen-bond acceptors (Lipinski definition) is 6. The molecule has 0 saturated carbocycles. The smallest absolute Gasteiger partial charge is 0.220 e. The summed E-state index contributed by atoms with van der Waals surface area (Å²) in [6.07, 6.45) is 6.66. The summed E-state index contributed by atoms with van der Waals surface area (Å²) >= 11 is 0. The van der Waals surface area contributed by atoms with E-state index in [1.165, 1.54) is 0 Å². The van der Waals surface area contributed by atoms with Crippen molar-refractivity contribution in [2.75, 3.05) is 6.61 Å². The van der Waals surface area contributed by atoms with Gasteiger partial charge in [0.15, 0.2) is 0 Å². The molecule has 1 N–H and O–H groups in total. The molecule has 0 bridgehead atoms. The summed E-state index contributed by atoms with van der Waals surface area (Å²) in [5.74, 6) is 0.493. The van der Waals surface area contributed by atoms with Gasteiger partial charge < -0.3 is 9.84 Å². The number of aryl methyl sites for hydroxylation is 2. The quantitative estimate of drug-likeness (QED) is 0.485. The number of aromatic nitrogens is 5. The molecule has 3 aromatic heterocycles. The molecule has 8 nitrogen and oxygen atoms in total. The van der Waals surface area contributed by atoms with Gasteiger partial charge in [-0.25, -0.2) is 4.98 Å². The van der Waals surface area contributed by atoms with Crippen molar-refractivity contribution < 1.29 is 9.84 Å². The topological polar surface area (TPSA) is 81.2 Å². The first-order valence-corrected chi connectivity index (χ1v) is 10.7. The van der Waals surface area contributed by atoms with E-state index in [1.54, 1.807) is 12.4 Å². The van der Waals surface area contributed by atoms with Crippen LogP contribution in [-0.4, -0.2) is 41.2 Å². The van der Waals surface area contributed by atoms with Crippen molar-refractivity contribution in [2.45, 2.75) is 32.8 Å². The Bertz CT molecular complexity index is 1200. The summed E-state index contributed by atoms with van der Waals surface area (Å²) in [5.41, 5.74) is 6.23. The van der Waals surface area contributed by atoms with E-state index in [4.69, 9.17) is 4.74 Å². The van der Waals surface area contributed by atoms with Crippen molar-refractivity contribution in [1.29, 1.82) is 0 Å². The molecule has 0 radical (unpaired) electrons. The zero-order chi connectivity index (χ0) is 22.1. The van der Waals surface area contributed by atoms with Gasteiger partial charge in [-0.05, 0) is 35.7 Å². The molecule has 5 rings (SSSR count). The van der Waals surface area contributed by atoms with Crippen molar-refractivity contribution >= 4 is 0 Å². The molecule has 1 aliphatic rings. The lowest BCUT2D eigenvalue weighted by Crippen LogP contribution is -2.21. The highest BCUT2D eigenvalue weighted by molar-refractivity contribution is 5.65. The monoisotopic (exact) mass is 430 g/mol. The van der Waals surface area contributed by atoms with Crippen LogP contribution in [0, 0.1) is 6.92 Å². The zero-order valence-corrected chi connectivity index (χ0v) is 18.2. The van der Waals surface area contributed by atoms with Crippen LogP contribution in [0.4, 0.5) is 0 Å². The van der Waals surface area contributed by atoms with Crippen LogP contribution < -0.4 is 4.74 Å². The number of ether oxygens (including phenoxy) is 1. The van der Waals surface area contributed by atoms with E-state index in [0.29, 0.717) is 32.1 Å². The fourth-order valence-corrected chi connectivity index (χ4v) is 4.23. The Morgan fingerprint density at radius 2 is 2.00 bits per heavy atom. The van der Waals surface area contributed by atoms with E-state index in [9.17, 15) is 5.11 Å². The van der Waals surface area contributed by atoms with E-state index in [0.717, 1.165) is 33.5 Å². The van der Waals surface area contributed by atoms with Gasteiger partial charge in [0.1, 0.15) is 12.8 Å². The second kappa shape index (κ2) is 8.57. The van der Waals surface area contributed by atoms with Gasteiger partial charge in [-0.1, -0.05) is 24.3 Å². The predicted molar refractivity (Wildman–Crippen MR) is 120 cm³/mol. The molecular weight excluding hydrogens is 404 g/mol. The molecule has 0 amide bonds. The largest absolute Gasteiger partial charge is 0.475 e. The Labute approximate surface area is 186 Å². The summed E-state index contributed by atoms with van der Waals surface area (Å²) in [5, 5.41) is 19.6. The Hall–Kier alpha value is -3.49. The molecule has 32 heavy (non-hydrogen) atoms. The molecule has 4 aromatic rings. The number of hydrogen-bond donors (Lipinski definition) is 1. The Morgan fingerprint density at radius 3 is 2.72 bits per heavy atom. The molecule has 0 spiro atoms. The maximum atomic E-state index is 11.0. The van der Waals surface area contributed by atoms with E-state index < -0.39 is 6.23 Å². The summed E-state index contributed by atoms with van der Waals surface area (Å²) in [6, 6.07) is 12.3. The van der Waals surface area contributed by atoms with Crippen LogP contribution >= 0.6 is 0 Å². The summed E-state index contributed by atoms with van der Waals surface area (Å²) in [7, 11) is 1.93. The van der Waals surface area contributed by atoms with Gasteiger partial charge in [0.2, 0.25) is 5.88 Å². The average Bonchev–Trinajstić information content (AvgIpc) is 3.49. The van der Waals surface area contributed by atoms with Crippen molar-refractivity contribution in [2.24, 2.45) is 7.05 Å². The van der Waals surface area contributed by atoms with E-state index in [-0.39, 0.29) is 0 Å². The average molecular weight is 431 g/mol. The SMILES string of the molecule is Cc1nn(C)cc1-c1ccc(CN2Cc3ccnc(OCCn4cccn4)c3C2O)cc1. The molecule has 0 aliphatic carbocycles. The fourth-order valence-electron chi connectivity index (χ4n) is 4.23. The minimum atomic E-state index is -0.751. The van der Waals surface area contributed by atoms with Gasteiger partial charge >= 0.3 is 0 Å². The normalized spacial score (nSPS) is 15.8. The van der Waals surface area contributed by atoms with Crippen LogP contribution in [0.2, 0.25) is 0 Å². The van der Waals surface area contributed by atoms with E-state index >= 15 is 0 Å². The number of fused-ring (bicyclic) bond motifs is 1. The van der Waals surface area contributed by atoms with Crippen molar-refractivity contribution in [1.82, 2.24) is 29.4 Å². The Balaban J connectivity index is 1.26. The molecule has 0 fully saturated rings. The summed E-state index contributed by atoms with van der Waals surface area (Å²) < 4.78 is 9.54. The van der Waals surface area contributed by atoms with Crippen LogP contribution in [0.15, 0.2) is 61.2 Å². The van der Waals surface area contributed by atoms with Crippen LogP contribution in [-0.2, 0) is 26.7 Å². The molecule has 8 heteroatoms. The van der Waals surface area contributed by atoms with Gasteiger partial charge in [-0.15, -0.1) is 0 Å². The number of benzene rings is 1. The minimum absolute atomic E-state index is 0.438. The highest BCUT2D eigenvalue weighted by Gasteiger charge is 2.32. The Morgan fingerprint density at radius 1 is 1.16 bits per heavy atom. The third-order valence-corrected chi connectivity index (χ3v) is 5.80. The van der Waals surface area contributed by atoms with E-state index in [1.807, 2.05) is 52.8 Å². The molecule has 164 valence electrons. The van der Waals surface area contributed by atoms with Crippen LogP contribution in [0.5, 0.6) is 5.88 Å². The molecule has 1 aromatic carbocycles. The van der Waals surface area contributed by atoms with Crippen LogP contribution in [0.25, 0.3) is 11.1 Å². The highest BCUT2D eigenvalue weighted by atomic mass is 16.5. The Kier molecular flexibility index (Phi) is 5.46. The van der Waals surface area contributed by atoms with Crippen LogP contribution in [0.3, 0.4) is 0 Å². The van der Waals surface area contributed by atoms with Crippen LogP contribution in [0.1, 0.15) is 28.6 Å². The first-order chi connectivity index (χ1) is 15.6. The maximum absolute atomic E-state index is 11.0. The third kappa shape index (κ3) is 4.02. The summed E-state index contributed by atoms with van der Waals surface area (Å²) in [6.45, 7) is 4.37. The second-order valence-electron chi connectivity index (χ2n) is 8.08. The maximum Gasteiger partial charge on any atom is 0.220 e. The number of rotatable bonds is 7. The lowest BCUT2D eigenvalue weighted by atomic mass is 10.0. The lowest BCUT2D eigenvalue weighted by molar-refractivity contribution is 0.00576. The van der Waals surface area contributed by atoms with Gasteiger partial charge in [-0.3, -0.25) is 14.3 Å². The standard InChI is InChI=1S/C24H26N6O2/c1-17-21(16-28(2)27-17)19-6-4-18(5-7-19)14-29-15-20-8-10-25-23(22(20)24(29)31)32-13-12-30-11-3-9-26-30/h3-11,16,24,31H,12-15H2,1-2H3. The first-order valence-electron chi connectivity index (χ1n) is 10.7. The molecule has 1 unspecified atom stereocenters. The molecular formula is C24H26N6O2. The lowest BCUT2D eigenvalue weighted by Gasteiger charge is -2.21. The predicted octanol–water partition coefficient (Wildman–Crippen LogP) is 3.07. The molecule has 1 atom stereocenters. The second-order valence-corrected chi connectivity index (χ2v) is 8.08. The fraction of sp³-hybridized carbons (Fsp3) is 0.292. The number of aliphatic hydroxyl groups is 1. The molecule has 1 aliphatic heterocycles. The van der Waals surface area contributed by atoms with Crippen molar-refractivity contribution in [3.8, 4) is 17.0 Å². The number of aliphatic hydroxyl groups excluding tert-OH is 1.